The molecule has 0 aliphatic carbocycles. The number of alkyl halides is 1. The molecule has 2 heterocycles. The Hall–Kier alpha value is -1.94. The van der Waals surface area contributed by atoms with E-state index in [1.54, 1.807) is 42.9 Å². The first-order valence-electron chi connectivity index (χ1n) is 4.91. The molecular formula is C12H9ClN2O2. The number of pyridine rings is 2. The molecule has 0 saturated heterocycles. The van der Waals surface area contributed by atoms with Crippen molar-refractivity contribution < 1.29 is 9.53 Å². The third-order valence-electron chi connectivity index (χ3n) is 2.17. The van der Waals surface area contributed by atoms with Crippen molar-refractivity contribution in [2.24, 2.45) is 0 Å². The SMILES string of the molecule is O=C(OCCl)c1cccnc1-c1ccncc1. The van der Waals surface area contributed by atoms with E-state index < -0.39 is 5.97 Å². The highest BCUT2D eigenvalue weighted by Crippen LogP contribution is 2.20. The number of aromatic nitrogens is 2. The minimum atomic E-state index is -0.486. The second kappa shape index (κ2) is 5.41. The van der Waals surface area contributed by atoms with Crippen molar-refractivity contribution in [2.75, 3.05) is 6.07 Å². The third kappa shape index (κ3) is 2.60. The van der Waals surface area contributed by atoms with Gasteiger partial charge in [0.2, 0.25) is 0 Å². The molecule has 0 fully saturated rings. The molecule has 0 atom stereocenters. The number of ether oxygens (including phenoxy) is 1. The van der Waals surface area contributed by atoms with Crippen LogP contribution < -0.4 is 0 Å². The Kier molecular flexibility index (Phi) is 3.67. The van der Waals surface area contributed by atoms with Gasteiger partial charge in [-0.3, -0.25) is 9.97 Å². The fourth-order valence-corrected chi connectivity index (χ4v) is 1.54. The molecule has 0 aliphatic heterocycles. The minimum Gasteiger partial charge on any atom is -0.446 e. The van der Waals surface area contributed by atoms with Gasteiger partial charge in [0.15, 0.2) is 6.07 Å². The lowest BCUT2D eigenvalue weighted by Crippen LogP contribution is -2.06. The second-order valence-corrected chi connectivity index (χ2v) is 3.39. The van der Waals surface area contributed by atoms with E-state index in [1.165, 1.54) is 0 Å². The quantitative estimate of drug-likeness (QED) is 0.619. The van der Waals surface area contributed by atoms with Gasteiger partial charge in [-0.05, 0) is 24.3 Å². The molecule has 17 heavy (non-hydrogen) atoms. The Morgan fingerprint density at radius 1 is 1.24 bits per heavy atom. The van der Waals surface area contributed by atoms with Crippen molar-refractivity contribution in [2.45, 2.75) is 0 Å². The van der Waals surface area contributed by atoms with Crippen molar-refractivity contribution in [1.29, 1.82) is 0 Å². The zero-order valence-corrected chi connectivity index (χ0v) is 9.59. The first-order chi connectivity index (χ1) is 8.33. The third-order valence-corrected chi connectivity index (χ3v) is 2.28. The smallest absolute Gasteiger partial charge is 0.341 e. The highest BCUT2D eigenvalue weighted by atomic mass is 35.5. The van der Waals surface area contributed by atoms with Crippen molar-refractivity contribution in [1.82, 2.24) is 9.97 Å². The van der Waals surface area contributed by atoms with Crippen LogP contribution >= 0.6 is 11.6 Å². The summed E-state index contributed by atoms with van der Waals surface area (Å²) in [6.07, 6.45) is 4.90. The monoisotopic (exact) mass is 248 g/mol. The summed E-state index contributed by atoms with van der Waals surface area (Å²) in [5.74, 6) is -0.486. The predicted octanol–water partition coefficient (Wildman–Crippen LogP) is 2.50. The zero-order chi connectivity index (χ0) is 12.1. The van der Waals surface area contributed by atoms with E-state index in [2.05, 4.69) is 9.97 Å². The van der Waals surface area contributed by atoms with E-state index in [0.29, 0.717) is 11.3 Å². The molecule has 0 aromatic carbocycles. The molecule has 0 spiro atoms. The van der Waals surface area contributed by atoms with Crippen molar-refractivity contribution >= 4 is 17.6 Å². The van der Waals surface area contributed by atoms with Gasteiger partial charge in [-0.2, -0.15) is 0 Å². The fraction of sp³-hybridized carbons (Fsp3) is 0.0833. The van der Waals surface area contributed by atoms with E-state index >= 15 is 0 Å². The van der Waals surface area contributed by atoms with Gasteiger partial charge in [0.1, 0.15) is 0 Å². The lowest BCUT2D eigenvalue weighted by atomic mass is 10.1. The summed E-state index contributed by atoms with van der Waals surface area (Å²) in [5, 5.41) is 0. The molecule has 0 bridgehead atoms. The summed E-state index contributed by atoms with van der Waals surface area (Å²) in [5.41, 5.74) is 1.76. The molecule has 86 valence electrons. The second-order valence-electron chi connectivity index (χ2n) is 3.18. The van der Waals surface area contributed by atoms with Crippen LogP contribution in [0.1, 0.15) is 10.4 Å². The van der Waals surface area contributed by atoms with E-state index in [9.17, 15) is 4.79 Å². The molecule has 0 unspecified atom stereocenters. The van der Waals surface area contributed by atoms with Crippen LogP contribution in [0.5, 0.6) is 0 Å². The fourth-order valence-electron chi connectivity index (χ4n) is 1.44. The molecule has 0 saturated carbocycles. The van der Waals surface area contributed by atoms with E-state index in [1.807, 2.05) is 0 Å². The summed E-state index contributed by atoms with van der Waals surface area (Å²) in [6.45, 7) is 0. The predicted molar refractivity (Wildman–Crippen MR) is 63.6 cm³/mol. The van der Waals surface area contributed by atoms with Crippen molar-refractivity contribution in [3.05, 3.63) is 48.4 Å². The van der Waals surface area contributed by atoms with Crippen LogP contribution in [0.3, 0.4) is 0 Å². The number of hydrogen-bond acceptors (Lipinski definition) is 4. The molecule has 0 amide bonds. The Morgan fingerprint density at radius 2 is 2.00 bits per heavy atom. The highest BCUT2D eigenvalue weighted by molar-refractivity contribution is 6.17. The van der Waals surface area contributed by atoms with Crippen LogP contribution in [0.15, 0.2) is 42.9 Å². The lowest BCUT2D eigenvalue weighted by molar-refractivity contribution is 0.0574. The van der Waals surface area contributed by atoms with Crippen LogP contribution in [-0.4, -0.2) is 22.0 Å². The zero-order valence-electron chi connectivity index (χ0n) is 8.84. The summed E-state index contributed by atoms with van der Waals surface area (Å²) in [6, 6.07) is 6.70. The number of halogens is 1. The Balaban J connectivity index is 2.45. The van der Waals surface area contributed by atoms with Crippen LogP contribution in [0.25, 0.3) is 11.3 Å². The van der Waals surface area contributed by atoms with Crippen LogP contribution in [-0.2, 0) is 4.74 Å². The van der Waals surface area contributed by atoms with Gasteiger partial charge in [-0.15, -0.1) is 0 Å². The molecule has 2 rings (SSSR count). The lowest BCUT2D eigenvalue weighted by Gasteiger charge is -2.06. The first kappa shape index (κ1) is 11.5. The average molecular weight is 249 g/mol. The average Bonchev–Trinajstić information content (AvgIpc) is 2.40. The molecule has 0 radical (unpaired) electrons. The standard InChI is InChI=1S/C12H9ClN2O2/c13-8-17-12(16)10-2-1-5-15-11(10)9-3-6-14-7-4-9/h1-7H,8H2. The number of carbonyl (C=O) groups excluding carboxylic acids is 1. The maximum Gasteiger partial charge on any atom is 0.341 e. The summed E-state index contributed by atoms with van der Waals surface area (Å²) >= 11 is 5.37. The molecule has 4 nitrogen and oxygen atoms in total. The van der Waals surface area contributed by atoms with Crippen LogP contribution in [0.4, 0.5) is 0 Å². The van der Waals surface area contributed by atoms with Gasteiger partial charge >= 0.3 is 5.97 Å². The highest BCUT2D eigenvalue weighted by Gasteiger charge is 2.14. The normalized spacial score (nSPS) is 9.94. The van der Waals surface area contributed by atoms with Gasteiger partial charge in [-0.25, -0.2) is 4.79 Å². The van der Waals surface area contributed by atoms with Gasteiger partial charge < -0.3 is 4.74 Å². The summed E-state index contributed by atoms with van der Waals surface area (Å²) < 4.78 is 4.76. The molecule has 5 heteroatoms. The van der Waals surface area contributed by atoms with Gasteiger partial charge in [0.05, 0.1) is 11.3 Å². The van der Waals surface area contributed by atoms with E-state index in [-0.39, 0.29) is 6.07 Å². The Labute approximate surface area is 103 Å². The molecule has 2 aromatic rings. The number of nitrogens with zero attached hydrogens (tertiary/aromatic N) is 2. The van der Waals surface area contributed by atoms with E-state index in [0.717, 1.165) is 5.56 Å². The maximum atomic E-state index is 11.7. The molecular weight excluding hydrogens is 240 g/mol. The largest absolute Gasteiger partial charge is 0.446 e. The maximum absolute atomic E-state index is 11.7. The van der Waals surface area contributed by atoms with Crippen LogP contribution in [0.2, 0.25) is 0 Å². The van der Waals surface area contributed by atoms with Crippen LogP contribution in [0, 0.1) is 0 Å². The topological polar surface area (TPSA) is 52.1 Å². The minimum absolute atomic E-state index is 0.177. The molecule has 0 N–H and O–H groups in total. The number of esters is 1. The first-order valence-corrected chi connectivity index (χ1v) is 5.45. The van der Waals surface area contributed by atoms with Crippen molar-refractivity contribution in [3.8, 4) is 11.3 Å². The molecule has 0 aliphatic rings. The van der Waals surface area contributed by atoms with Gasteiger partial charge in [0, 0.05) is 24.2 Å². The molecule has 2 aromatic heterocycles. The number of hydrogen-bond donors (Lipinski definition) is 0. The van der Waals surface area contributed by atoms with Gasteiger partial charge in [-0.1, -0.05) is 11.6 Å². The van der Waals surface area contributed by atoms with Gasteiger partial charge in [0.25, 0.3) is 0 Å². The Morgan fingerprint density at radius 3 is 2.71 bits per heavy atom. The summed E-state index contributed by atoms with van der Waals surface area (Å²) in [4.78, 5) is 19.8. The Bertz CT molecular complexity index is 517. The van der Waals surface area contributed by atoms with E-state index in [4.69, 9.17) is 16.3 Å². The summed E-state index contributed by atoms with van der Waals surface area (Å²) in [7, 11) is 0. The number of carbonyl (C=O) groups is 1. The number of rotatable bonds is 3. The van der Waals surface area contributed by atoms with Crippen molar-refractivity contribution in [3.63, 3.8) is 0 Å².